The van der Waals surface area contributed by atoms with E-state index in [2.05, 4.69) is 22.0 Å². The largest absolute Gasteiger partial charge is 0.368 e. The number of amides is 2. The van der Waals surface area contributed by atoms with Gasteiger partial charge in [-0.25, -0.2) is 4.39 Å². The fourth-order valence-corrected chi connectivity index (χ4v) is 2.65. The summed E-state index contributed by atoms with van der Waals surface area (Å²) in [6.45, 7) is 3.61. The first-order valence-electron chi connectivity index (χ1n) is 8.43. The van der Waals surface area contributed by atoms with E-state index in [0.717, 1.165) is 16.7 Å². The van der Waals surface area contributed by atoms with E-state index in [9.17, 15) is 14.0 Å². The maximum atomic E-state index is 13.2. The lowest BCUT2D eigenvalue weighted by molar-refractivity contribution is -0.119. The molecule has 142 valence electrons. The van der Waals surface area contributed by atoms with Gasteiger partial charge in [-0.1, -0.05) is 6.58 Å². The van der Waals surface area contributed by atoms with Crippen molar-refractivity contribution in [2.75, 3.05) is 0 Å². The number of hydrogen-bond donors (Lipinski definition) is 2. The molecule has 3 N–H and O–H groups in total. The van der Waals surface area contributed by atoms with Crippen LogP contribution in [0.15, 0.2) is 61.4 Å². The Balaban J connectivity index is 2.01. The van der Waals surface area contributed by atoms with Crippen LogP contribution in [-0.2, 0) is 22.7 Å². The minimum atomic E-state index is -0.505. The van der Waals surface area contributed by atoms with E-state index in [1.807, 2.05) is 0 Å². The quantitative estimate of drug-likeness (QED) is 0.613. The Morgan fingerprint density at radius 1 is 1.21 bits per heavy atom. The van der Waals surface area contributed by atoms with E-state index in [-0.39, 0.29) is 24.8 Å². The smallest absolute Gasteiger partial charge is 0.243 e. The molecule has 2 amide bonds. The first-order chi connectivity index (χ1) is 13.5. The van der Waals surface area contributed by atoms with Crippen molar-refractivity contribution in [2.45, 2.75) is 13.1 Å². The van der Waals surface area contributed by atoms with Crippen molar-refractivity contribution in [3.05, 3.63) is 72.8 Å². The van der Waals surface area contributed by atoms with Crippen molar-refractivity contribution in [3.63, 3.8) is 0 Å². The van der Waals surface area contributed by atoms with Gasteiger partial charge in [0, 0.05) is 30.1 Å². The van der Waals surface area contributed by atoms with Crippen LogP contribution in [0.5, 0.6) is 0 Å². The van der Waals surface area contributed by atoms with Gasteiger partial charge < -0.3 is 11.1 Å². The van der Waals surface area contributed by atoms with Crippen LogP contribution in [0.25, 0.3) is 22.5 Å². The minimum absolute atomic E-state index is 0.0432. The molecule has 1 aromatic carbocycles. The van der Waals surface area contributed by atoms with Crippen LogP contribution in [0.3, 0.4) is 0 Å². The predicted molar refractivity (Wildman–Crippen MR) is 102 cm³/mol. The number of primary amides is 1. The van der Waals surface area contributed by atoms with Crippen molar-refractivity contribution >= 4 is 11.8 Å². The summed E-state index contributed by atoms with van der Waals surface area (Å²) < 4.78 is 14.6. The lowest BCUT2D eigenvalue weighted by Gasteiger charge is -2.11. The Kier molecular flexibility index (Phi) is 5.59. The first-order valence-corrected chi connectivity index (χ1v) is 8.43. The van der Waals surface area contributed by atoms with E-state index in [0.29, 0.717) is 11.4 Å². The number of nitrogens with one attached hydrogen (secondary N) is 1. The minimum Gasteiger partial charge on any atom is -0.368 e. The molecule has 2 heterocycles. The second-order valence-corrected chi connectivity index (χ2v) is 6.02. The van der Waals surface area contributed by atoms with E-state index in [1.165, 1.54) is 22.9 Å². The fourth-order valence-electron chi connectivity index (χ4n) is 2.65. The highest BCUT2D eigenvalue weighted by Gasteiger charge is 2.13. The number of halogens is 1. The van der Waals surface area contributed by atoms with Crippen LogP contribution in [0.1, 0.15) is 5.56 Å². The molecule has 0 saturated carbocycles. The standard InChI is InChI=1S/C20H18FN5O2/c1-2-20(28)24-11-14-10-23-18(13-3-5-15(21)6-4-13)9-16(14)17-7-8-26(25-17)12-19(22)27/h2-10H,1,11-12H2,(H2,22,27)(H,24,28). The number of carbonyl (C=O) groups is 2. The van der Waals surface area contributed by atoms with Gasteiger partial charge >= 0.3 is 0 Å². The first kappa shape index (κ1) is 19.0. The third-order valence-corrected chi connectivity index (χ3v) is 4.00. The van der Waals surface area contributed by atoms with Gasteiger partial charge in [-0.15, -0.1) is 0 Å². The third-order valence-electron chi connectivity index (χ3n) is 4.00. The molecule has 7 nitrogen and oxygen atoms in total. The molecular weight excluding hydrogens is 361 g/mol. The number of pyridine rings is 1. The van der Waals surface area contributed by atoms with E-state index in [4.69, 9.17) is 5.73 Å². The van der Waals surface area contributed by atoms with Gasteiger partial charge in [-0.2, -0.15) is 5.10 Å². The maximum Gasteiger partial charge on any atom is 0.243 e. The van der Waals surface area contributed by atoms with Crippen LogP contribution in [-0.4, -0.2) is 26.6 Å². The number of nitrogens with two attached hydrogens (primary N) is 1. The number of aromatic nitrogens is 3. The van der Waals surface area contributed by atoms with E-state index >= 15 is 0 Å². The molecule has 0 aliphatic carbocycles. The van der Waals surface area contributed by atoms with Gasteiger partial charge in [-0.3, -0.25) is 19.3 Å². The Bertz CT molecular complexity index is 1030. The van der Waals surface area contributed by atoms with Gasteiger partial charge in [0.25, 0.3) is 0 Å². The Hall–Kier alpha value is -3.81. The molecule has 0 aliphatic heterocycles. The molecule has 0 atom stereocenters. The molecule has 2 aromatic heterocycles. The average Bonchev–Trinajstić information content (AvgIpc) is 3.14. The third kappa shape index (κ3) is 4.47. The van der Waals surface area contributed by atoms with Gasteiger partial charge in [0.2, 0.25) is 11.8 Å². The highest BCUT2D eigenvalue weighted by Crippen LogP contribution is 2.27. The van der Waals surface area contributed by atoms with Crippen molar-refractivity contribution in [2.24, 2.45) is 5.73 Å². The monoisotopic (exact) mass is 379 g/mol. The molecule has 0 radical (unpaired) electrons. The molecule has 0 saturated heterocycles. The van der Waals surface area contributed by atoms with Crippen molar-refractivity contribution in [1.82, 2.24) is 20.1 Å². The van der Waals surface area contributed by atoms with Crippen LogP contribution >= 0.6 is 0 Å². The van der Waals surface area contributed by atoms with E-state index < -0.39 is 5.91 Å². The van der Waals surface area contributed by atoms with Crippen LogP contribution in [0.2, 0.25) is 0 Å². The Labute approximate surface area is 160 Å². The zero-order chi connectivity index (χ0) is 20.1. The molecule has 0 spiro atoms. The molecule has 3 rings (SSSR count). The number of benzene rings is 1. The summed E-state index contributed by atoms with van der Waals surface area (Å²) in [7, 11) is 0. The summed E-state index contributed by atoms with van der Waals surface area (Å²) >= 11 is 0. The summed E-state index contributed by atoms with van der Waals surface area (Å²) in [5.41, 5.74) is 8.62. The van der Waals surface area contributed by atoms with Crippen LogP contribution in [0, 0.1) is 5.82 Å². The number of hydrogen-bond acceptors (Lipinski definition) is 4. The summed E-state index contributed by atoms with van der Waals surface area (Å²) in [5, 5.41) is 7.08. The maximum absolute atomic E-state index is 13.2. The molecule has 0 aliphatic rings. The lowest BCUT2D eigenvalue weighted by atomic mass is 10.0. The zero-order valence-electron chi connectivity index (χ0n) is 14.9. The van der Waals surface area contributed by atoms with Gasteiger partial charge in [0.15, 0.2) is 0 Å². The molecule has 28 heavy (non-hydrogen) atoms. The SMILES string of the molecule is C=CC(=O)NCc1cnc(-c2ccc(F)cc2)cc1-c1ccn(CC(N)=O)n1. The molecule has 3 aromatic rings. The second kappa shape index (κ2) is 8.26. The van der Waals surface area contributed by atoms with Gasteiger partial charge in [0.1, 0.15) is 12.4 Å². The summed E-state index contributed by atoms with van der Waals surface area (Å²) in [6.07, 6.45) is 4.45. The van der Waals surface area contributed by atoms with Crippen molar-refractivity contribution in [1.29, 1.82) is 0 Å². The van der Waals surface area contributed by atoms with Crippen molar-refractivity contribution in [3.8, 4) is 22.5 Å². The summed E-state index contributed by atoms with van der Waals surface area (Å²) in [4.78, 5) is 27.1. The molecule has 0 bridgehead atoms. The molecule has 8 heteroatoms. The zero-order valence-corrected chi connectivity index (χ0v) is 14.9. The number of rotatable bonds is 7. The average molecular weight is 379 g/mol. The predicted octanol–water partition coefficient (Wildman–Crippen LogP) is 2.04. The highest BCUT2D eigenvalue weighted by atomic mass is 19.1. The van der Waals surface area contributed by atoms with Gasteiger partial charge in [0.05, 0.1) is 11.4 Å². The highest BCUT2D eigenvalue weighted by molar-refractivity contribution is 5.87. The molecule has 0 unspecified atom stereocenters. The van der Waals surface area contributed by atoms with Crippen LogP contribution < -0.4 is 11.1 Å². The van der Waals surface area contributed by atoms with Crippen LogP contribution in [0.4, 0.5) is 4.39 Å². The Morgan fingerprint density at radius 3 is 2.64 bits per heavy atom. The second-order valence-electron chi connectivity index (χ2n) is 6.02. The normalized spacial score (nSPS) is 10.5. The number of nitrogens with zero attached hydrogens (tertiary/aromatic N) is 3. The number of carbonyl (C=O) groups excluding carboxylic acids is 2. The Morgan fingerprint density at radius 2 is 1.96 bits per heavy atom. The topological polar surface area (TPSA) is 103 Å². The fraction of sp³-hybridized carbons (Fsp3) is 0.100. The lowest BCUT2D eigenvalue weighted by Crippen LogP contribution is -2.20. The molecule has 0 fully saturated rings. The van der Waals surface area contributed by atoms with E-state index in [1.54, 1.807) is 36.7 Å². The molecular formula is C20H18FN5O2. The van der Waals surface area contributed by atoms with Crippen molar-refractivity contribution < 1.29 is 14.0 Å². The summed E-state index contributed by atoms with van der Waals surface area (Å²) in [5.74, 6) is -1.15. The van der Waals surface area contributed by atoms with Gasteiger partial charge in [-0.05, 0) is 48.0 Å². The summed E-state index contributed by atoms with van der Waals surface area (Å²) in [6, 6.07) is 9.52.